The summed E-state index contributed by atoms with van der Waals surface area (Å²) >= 11 is 0. The van der Waals surface area contributed by atoms with Gasteiger partial charge in [0.25, 0.3) is 0 Å². The van der Waals surface area contributed by atoms with E-state index in [9.17, 15) is 9.59 Å². The number of hydrogen-bond donors (Lipinski definition) is 1. The maximum absolute atomic E-state index is 11.9. The van der Waals surface area contributed by atoms with Crippen molar-refractivity contribution in [1.29, 1.82) is 0 Å². The van der Waals surface area contributed by atoms with Gasteiger partial charge in [-0.05, 0) is 17.5 Å². The molecule has 1 unspecified atom stereocenters. The van der Waals surface area contributed by atoms with Gasteiger partial charge in [0.2, 0.25) is 5.91 Å². The van der Waals surface area contributed by atoms with Crippen LogP contribution in [0.1, 0.15) is 36.9 Å². The molecule has 0 saturated carbocycles. The molecular formula is C14H17NO3. The third-order valence-corrected chi connectivity index (χ3v) is 3.40. The first kappa shape index (κ1) is 12.6. The van der Waals surface area contributed by atoms with E-state index >= 15 is 0 Å². The monoisotopic (exact) mass is 247 g/mol. The van der Waals surface area contributed by atoms with Crippen LogP contribution in [-0.2, 0) is 16.0 Å². The largest absolute Gasteiger partial charge is 0.481 e. The molecule has 0 aliphatic carbocycles. The van der Waals surface area contributed by atoms with E-state index < -0.39 is 5.97 Å². The lowest BCUT2D eigenvalue weighted by Crippen LogP contribution is -2.40. The van der Waals surface area contributed by atoms with Crippen molar-refractivity contribution in [1.82, 2.24) is 4.90 Å². The van der Waals surface area contributed by atoms with E-state index in [2.05, 4.69) is 0 Å². The number of fused-ring (bicyclic) bond motifs is 1. The van der Waals surface area contributed by atoms with Crippen molar-refractivity contribution < 1.29 is 14.7 Å². The number of hydrogen-bond acceptors (Lipinski definition) is 2. The fourth-order valence-electron chi connectivity index (χ4n) is 2.54. The Morgan fingerprint density at radius 3 is 2.78 bits per heavy atom. The van der Waals surface area contributed by atoms with Gasteiger partial charge in [-0.3, -0.25) is 9.59 Å². The highest BCUT2D eigenvalue weighted by Crippen LogP contribution is 2.32. The van der Waals surface area contributed by atoms with E-state index in [1.54, 1.807) is 11.8 Å². The van der Waals surface area contributed by atoms with Crippen LogP contribution in [0.5, 0.6) is 0 Å². The van der Waals surface area contributed by atoms with E-state index in [0.29, 0.717) is 13.0 Å². The predicted octanol–water partition coefficient (Wildman–Crippen LogP) is 2.00. The lowest BCUT2D eigenvalue weighted by atomic mass is 9.90. The Hall–Kier alpha value is -1.84. The van der Waals surface area contributed by atoms with E-state index in [1.807, 2.05) is 24.3 Å². The molecule has 1 N–H and O–H groups in total. The Labute approximate surface area is 106 Å². The molecule has 1 atom stereocenters. The van der Waals surface area contributed by atoms with Gasteiger partial charge in [-0.2, -0.15) is 0 Å². The molecule has 18 heavy (non-hydrogen) atoms. The lowest BCUT2D eigenvalue weighted by Gasteiger charge is -2.36. The molecule has 1 aliphatic rings. The summed E-state index contributed by atoms with van der Waals surface area (Å²) in [5.74, 6) is -0.846. The van der Waals surface area contributed by atoms with Crippen molar-refractivity contribution in [3.05, 3.63) is 35.4 Å². The molecule has 0 spiro atoms. The second-order valence-electron chi connectivity index (χ2n) is 4.50. The van der Waals surface area contributed by atoms with Crippen molar-refractivity contribution in [3.8, 4) is 0 Å². The van der Waals surface area contributed by atoms with Gasteiger partial charge in [0.15, 0.2) is 0 Å². The molecule has 1 aliphatic heterocycles. The van der Waals surface area contributed by atoms with Crippen LogP contribution >= 0.6 is 0 Å². The van der Waals surface area contributed by atoms with Crippen molar-refractivity contribution in [2.24, 2.45) is 0 Å². The van der Waals surface area contributed by atoms with Crippen LogP contribution in [-0.4, -0.2) is 28.4 Å². The maximum atomic E-state index is 11.9. The SMILES string of the molecule is CCC(=O)N1CCc2ccccc2C1CC(=O)O. The highest BCUT2D eigenvalue weighted by atomic mass is 16.4. The highest BCUT2D eigenvalue weighted by molar-refractivity contribution is 5.78. The average molecular weight is 247 g/mol. The van der Waals surface area contributed by atoms with Gasteiger partial charge in [0.05, 0.1) is 12.5 Å². The first-order chi connectivity index (χ1) is 8.63. The summed E-state index contributed by atoms with van der Waals surface area (Å²) in [4.78, 5) is 24.6. The number of nitrogens with zero attached hydrogens (tertiary/aromatic N) is 1. The van der Waals surface area contributed by atoms with Gasteiger partial charge in [-0.25, -0.2) is 0 Å². The maximum Gasteiger partial charge on any atom is 0.305 e. The van der Waals surface area contributed by atoms with Crippen LogP contribution < -0.4 is 0 Å². The molecule has 1 aromatic rings. The summed E-state index contributed by atoms with van der Waals surface area (Å²) in [6, 6.07) is 7.47. The van der Waals surface area contributed by atoms with Crippen LogP contribution in [0, 0.1) is 0 Å². The second kappa shape index (κ2) is 5.21. The zero-order chi connectivity index (χ0) is 13.1. The normalized spacial score (nSPS) is 18.3. The van der Waals surface area contributed by atoms with Gasteiger partial charge in [-0.15, -0.1) is 0 Å². The number of amides is 1. The Bertz CT molecular complexity index is 470. The molecule has 0 saturated heterocycles. The summed E-state index contributed by atoms with van der Waals surface area (Å²) in [6.45, 7) is 2.42. The quantitative estimate of drug-likeness (QED) is 0.888. The van der Waals surface area contributed by atoms with Gasteiger partial charge >= 0.3 is 5.97 Å². The van der Waals surface area contributed by atoms with Crippen LogP contribution in [0.4, 0.5) is 0 Å². The highest BCUT2D eigenvalue weighted by Gasteiger charge is 2.31. The third-order valence-electron chi connectivity index (χ3n) is 3.40. The van der Waals surface area contributed by atoms with Gasteiger partial charge in [0.1, 0.15) is 0 Å². The number of carboxylic acid groups (broad SMARTS) is 1. The molecular weight excluding hydrogens is 230 g/mol. The Morgan fingerprint density at radius 1 is 1.39 bits per heavy atom. The number of carbonyl (C=O) groups excluding carboxylic acids is 1. The van der Waals surface area contributed by atoms with Crippen molar-refractivity contribution in [3.63, 3.8) is 0 Å². The third kappa shape index (κ3) is 2.37. The molecule has 4 heteroatoms. The Balaban J connectivity index is 2.36. The number of carboxylic acids is 1. The molecule has 0 fully saturated rings. The van der Waals surface area contributed by atoms with Crippen molar-refractivity contribution in [2.45, 2.75) is 32.2 Å². The number of carbonyl (C=O) groups is 2. The van der Waals surface area contributed by atoms with Gasteiger partial charge in [-0.1, -0.05) is 31.2 Å². The predicted molar refractivity (Wildman–Crippen MR) is 67.1 cm³/mol. The van der Waals surface area contributed by atoms with E-state index in [0.717, 1.165) is 17.5 Å². The van der Waals surface area contributed by atoms with Crippen LogP contribution in [0.15, 0.2) is 24.3 Å². The fourth-order valence-corrected chi connectivity index (χ4v) is 2.54. The summed E-state index contributed by atoms with van der Waals surface area (Å²) in [5, 5.41) is 9.03. The minimum absolute atomic E-state index is 0.0238. The van der Waals surface area contributed by atoms with Crippen molar-refractivity contribution in [2.75, 3.05) is 6.54 Å². The van der Waals surface area contributed by atoms with Crippen LogP contribution in [0.3, 0.4) is 0 Å². The average Bonchev–Trinajstić information content (AvgIpc) is 2.37. The number of aliphatic carboxylic acids is 1. The summed E-state index contributed by atoms with van der Waals surface area (Å²) in [6.07, 6.45) is 1.19. The zero-order valence-electron chi connectivity index (χ0n) is 10.4. The lowest BCUT2D eigenvalue weighted by molar-refractivity contribution is -0.141. The van der Waals surface area contributed by atoms with Gasteiger partial charge < -0.3 is 10.0 Å². The van der Waals surface area contributed by atoms with E-state index in [-0.39, 0.29) is 18.4 Å². The molecule has 1 heterocycles. The molecule has 0 aromatic heterocycles. The minimum Gasteiger partial charge on any atom is -0.481 e. The number of rotatable bonds is 3. The Morgan fingerprint density at radius 2 is 2.11 bits per heavy atom. The first-order valence-electron chi connectivity index (χ1n) is 6.22. The topological polar surface area (TPSA) is 57.6 Å². The molecule has 1 aromatic carbocycles. The number of benzene rings is 1. The second-order valence-corrected chi connectivity index (χ2v) is 4.50. The summed E-state index contributed by atoms with van der Waals surface area (Å²) in [7, 11) is 0. The zero-order valence-corrected chi connectivity index (χ0v) is 10.4. The molecule has 1 amide bonds. The van der Waals surface area contributed by atoms with Crippen molar-refractivity contribution >= 4 is 11.9 Å². The van der Waals surface area contributed by atoms with Crippen LogP contribution in [0.2, 0.25) is 0 Å². The molecule has 0 bridgehead atoms. The fraction of sp³-hybridized carbons (Fsp3) is 0.429. The smallest absolute Gasteiger partial charge is 0.305 e. The first-order valence-corrected chi connectivity index (χ1v) is 6.22. The molecule has 2 rings (SSSR count). The Kier molecular flexibility index (Phi) is 3.65. The minimum atomic E-state index is -0.870. The summed E-state index contributed by atoms with van der Waals surface area (Å²) < 4.78 is 0. The van der Waals surface area contributed by atoms with Crippen LogP contribution in [0.25, 0.3) is 0 Å². The molecule has 4 nitrogen and oxygen atoms in total. The molecule has 96 valence electrons. The van der Waals surface area contributed by atoms with E-state index in [4.69, 9.17) is 5.11 Å². The standard InChI is InChI=1S/C14H17NO3/c1-2-13(16)15-8-7-10-5-3-4-6-11(10)12(15)9-14(17)18/h3-6,12H,2,7-9H2,1H3,(H,17,18). The van der Waals surface area contributed by atoms with Gasteiger partial charge in [0, 0.05) is 13.0 Å². The van der Waals surface area contributed by atoms with E-state index in [1.165, 1.54) is 0 Å². The molecule has 0 radical (unpaired) electrons. The summed E-state index contributed by atoms with van der Waals surface area (Å²) in [5.41, 5.74) is 2.14.